The van der Waals surface area contributed by atoms with Gasteiger partial charge in [0.25, 0.3) is 5.56 Å². The highest BCUT2D eigenvalue weighted by Gasteiger charge is 2.21. The van der Waals surface area contributed by atoms with Crippen molar-refractivity contribution in [2.75, 3.05) is 7.11 Å². The molecule has 2 aliphatic rings. The van der Waals surface area contributed by atoms with E-state index in [1.165, 1.54) is 7.11 Å². The first-order valence-corrected chi connectivity index (χ1v) is 7.98. The standard InChI is InChI=1S/C16H19N5O4/c1-9(2)14-17-12(25-20-14)5-4-6-21-7-10-13(18-19-15(10)22)11(8-21)16(23)24-3/h7-9H,4-6H2,1-3H3,(H,19,22). The minimum atomic E-state index is -0.538. The number of fused-ring (bicyclic) bond motifs is 1. The van der Waals surface area contributed by atoms with Crippen molar-refractivity contribution in [1.29, 1.82) is 0 Å². The number of rotatable bonds is 6. The van der Waals surface area contributed by atoms with Gasteiger partial charge in [-0.25, -0.2) is 9.89 Å². The highest BCUT2D eigenvalue weighted by atomic mass is 16.5. The van der Waals surface area contributed by atoms with E-state index < -0.39 is 5.97 Å². The van der Waals surface area contributed by atoms with Crippen LogP contribution in [-0.4, -0.2) is 38.0 Å². The number of esters is 1. The van der Waals surface area contributed by atoms with E-state index in [1.54, 1.807) is 17.0 Å². The second-order valence-electron chi connectivity index (χ2n) is 6.02. The molecule has 9 heteroatoms. The lowest BCUT2D eigenvalue weighted by Gasteiger charge is -2.11. The molecule has 0 radical (unpaired) electrons. The van der Waals surface area contributed by atoms with Crippen LogP contribution in [0, 0.1) is 0 Å². The zero-order valence-electron chi connectivity index (χ0n) is 14.3. The molecule has 2 aliphatic heterocycles. The van der Waals surface area contributed by atoms with Crippen molar-refractivity contribution in [2.45, 2.75) is 39.2 Å². The van der Waals surface area contributed by atoms with Gasteiger partial charge in [-0.2, -0.15) is 10.1 Å². The first-order valence-electron chi connectivity index (χ1n) is 7.98. The molecule has 25 heavy (non-hydrogen) atoms. The van der Waals surface area contributed by atoms with Gasteiger partial charge in [-0.3, -0.25) is 4.79 Å². The van der Waals surface area contributed by atoms with E-state index in [-0.39, 0.29) is 17.0 Å². The molecule has 0 unspecified atom stereocenters. The van der Waals surface area contributed by atoms with Crippen LogP contribution in [0.3, 0.4) is 0 Å². The summed E-state index contributed by atoms with van der Waals surface area (Å²) in [5.41, 5.74) is 0.570. The Morgan fingerprint density at radius 2 is 2.20 bits per heavy atom. The predicted molar refractivity (Wildman–Crippen MR) is 87.5 cm³/mol. The van der Waals surface area contributed by atoms with Gasteiger partial charge in [0.2, 0.25) is 5.89 Å². The Labute approximate surface area is 143 Å². The molecule has 0 saturated carbocycles. The normalized spacial score (nSPS) is 11.4. The Morgan fingerprint density at radius 1 is 1.40 bits per heavy atom. The summed E-state index contributed by atoms with van der Waals surface area (Å²) >= 11 is 0. The largest absolute Gasteiger partial charge is 0.465 e. The maximum atomic E-state index is 11.9. The van der Waals surface area contributed by atoms with Gasteiger partial charge in [0, 0.05) is 31.3 Å². The van der Waals surface area contributed by atoms with Crippen LogP contribution in [-0.2, 0) is 17.7 Å². The van der Waals surface area contributed by atoms with Crippen LogP contribution in [0.1, 0.15) is 48.3 Å². The Hall–Kier alpha value is -2.97. The molecule has 0 aliphatic carbocycles. The summed E-state index contributed by atoms with van der Waals surface area (Å²) in [7, 11) is 1.29. The molecule has 0 saturated heterocycles. The molecule has 1 N–H and O–H groups in total. The molecule has 0 bridgehead atoms. The van der Waals surface area contributed by atoms with E-state index in [0.717, 1.165) is 0 Å². The van der Waals surface area contributed by atoms with E-state index in [9.17, 15) is 9.59 Å². The van der Waals surface area contributed by atoms with Crippen LogP contribution in [0.5, 0.6) is 0 Å². The fourth-order valence-electron chi connectivity index (χ4n) is 2.50. The van der Waals surface area contributed by atoms with Crippen molar-refractivity contribution in [3.63, 3.8) is 0 Å². The number of nitrogens with zero attached hydrogens (tertiary/aromatic N) is 4. The lowest BCUT2D eigenvalue weighted by molar-refractivity contribution is 0.0600. The van der Waals surface area contributed by atoms with E-state index >= 15 is 0 Å². The molecule has 9 nitrogen and oxygen atoms in total. The summed E-state index contributed by atoms with van der Waals surface area (Å²) in [4.78, 5) is 28.1. The van der Waals surface area contributed by atoms with Crippen molar-refractivity contribution in [3.8, 4) is 11.3 Å². The highest BCUT2D eigenvalue weighted by Crippen LogP contribution is 2.21. The molecule has 3 rings (SSSR count). The van der Waals surface area contributed by atoms with Crippen molar-refractivity contribution in [1.82, 2.24) is 24.9 Å². The van der Waals surface area contributed by atoms with E-state index in [4.69, 9.17) is 9.26 Å². The molecule has 0 fully saturated rings. The quantitative estimate of drug-likeness (QED) is 0.674. The maximum Gasteiger partial charge on any atom is 0.341 e. The van der Waals surface area contributed by atoms with Gasteiger partial charge in [-0.05, 0) is 6.42 Å². The number of H-pyrrole nitrogens is 1. The van der Waals surface area contributed by atoms with Gasteiger partial charge in [0.05, 0.1) is 12.7 Å². The maximum absolute atomic E-state index is 11.9. The van der Waals surface area contributed by atoms with E-state index in [0.29, 0.717) is 42.4 Å². The number of aryl methyl sites for hydroxylation is 2. The van der Waals surface area contributed by atoms with Gasteiger partial charge < -0.3 is 13.8 Å². The Bertz CT molecular complexity index is 908. The number of aromatic nitrogens is 5. The summed E-state index contributed by atoms with van der Waals surface area (Å²) in [5, 5.41) is 10.2. The zero-order chi connectivity index (χ0) is 18.0. The average Bonchev–Trinajstić information content (AvgIpc) is 3.21. The third-order valence-electron chi connectivity index (χ3n) is 3.83. The molecule has 132 valence electrons. The molecule has 3 heterocycles. The number of ether oxygens (including phenoxy) is 1. The third kappa shape index (κ3) is 3.44. The van der Waals surface area contributed by atoms with E-state index in [2.05, 4.69) is 20.3 Å². The van der Waals surface area contributed by atoms with Crippen molar-refractivity contribution >= 4 is 5.97 Å². The molecular weight excluding hydrogens is 326 g/mol. The molecule has 0 amide bonds. The van der Waals surface area contributed by atoms with Crippen LogP contribution in [0.2, 0.25) is 0 Å². The smallest absolute Gasteiger partial charge is 0.341 e. The molecule has 1 aromatic rings. The highest BCUT2D eigenvalue weighted by molar-refractivity contribution is 5.95. The van der Waals surface area contributed by atoms with Gasteiger partial charge in [-0.15, -0.1) is 0 Å². The summed E-state index contributed by atoms with van der Waals surface area (Å²) in [6.45, 7) is 4.57. The Balaban J connectivity index is 1.76. The number of pyridine rings is 1. The first-order chi connectivity index (χ1) is 12.0. The van der Waals surface area contributed by atoms with Gasteiger partial charge in [0.1, 0.15) is 11.3 Å². The fraction of sp³-hybridized carbons (Fsp3) is 0.438. The van der Waals surface area contributed by atoms with Crippen molar-refractivity contribution < 1.29 is 14.1 Å². The number of aromatic amines is 1. The Kier molecular flexibility index (Phi) is 4.64. The minimum Gasteiger partial charge on any atom is -0.465 e. The van der Waals surface area contributed by atoms with Crippen molar-refractivity contribution in [2.24, 2.45) is 0 Å². The molecule has 1 aromatic heterocycles. The monoisotopic (exact) mass is 345 g/mol. The number of hydrogen-bond donors (Lipinski definition) is 1. The second-order valence-corrected chi connectivity index (χ2v) is 6.02. The molecule has 0 spiro atoms. The lowest BCUT2D eigenvalue weighted by Crippen LogP contribution is -2.12. The summed E-state index contributed by atoms with van der Waals surface area (Å²) in [5.74, 6) is 0.940. The summed E-state index contributed by atoms with van der Waals surface area (Å²) in [6, 6.07) is 0. The number of hydrogen-bond acceptors (Lipinski definition) is 7. The topological polar surface area (TPSA) is 116 Å². The second kappa shape index (κ2) is 6.88. The van der Waals surface area contributed by atoms with Gasteiger partial charge in [0.15, 0.2) is 5.82 Å². The molecule has 0 atom stereocenters. The average molecular weight is 345 g/mol. The molecule has 0 aromatic carbocycles. The van der Waals surface area contributed by atoms with Crippen LogP contribution in [0.4, 0.5) is 0 Å². The predicted octanol–water partition coefficient (Wildman–Crippen LogP) is 1.60. The summed E-state index contributed by atoms with van der Waals surface area (Å²) < 4.78 is 11.7. The van der Waals surface area contributed by atoms with Crippen LogP contribution in [0.25, 0.3) is 11.3 Å². The number of carbonyl (C=O) groups excluding carboxylic acids is 1. The zero-order valence-corrected chi connectivity index (χ0v) is 14.3. The van der Waals surface area contributed by atoms with Crippen LogP contribution >= 0.6 is 0 Å². The van der Waals surface area contributed by atoms with Crippen molar-refractivity contribution in [3.05, 3.63) is 40.0 Å². The fourth-order valence-corrected chi connectivity index (χ4v) is 2.50. The molecular formula is C16H19N5O4. The third-order valence-corrected chi connectivity index (χ3v) is 3.83. The number of nitrogens with one attached hydrogen (secondary N) is 1. The van der Waals surface area contributed by atoms with Crippen LogP contribution in [0.15, 0.2) is 21.7 Å². The summed E-state index contributed by atoms with van der Waals surface area (Å²) in [6.07, 6.45) is 4.61. The first kappa shape index (κ1) is 16.9. The van der Waals surface area contributed by atoms with E-state index in [1.807, 2.05) is 13.8 Å². The van der Waals surface area contributed by atoms with Gasteiger partial charge >= 0.3 is 5.97 Å². The SMILES string of the molecule is COC(=O)c1cn(CCCc2nc(C(C)C)no2)cc2c(=O)[nH]nc1-2. The van der Waals surface area contributed by atoms with Crippen LogP contribution < -0.4 is 5.56 Å². The lowest BCUT2D eigenvalue weighted by atomic mass is 10.1. The number of methoxy groups -OCH3 is 1. The minimum absolute atomic E-state index is 0.216. The Morgan fingerprint density at radius 3 is 2.88 bits per heavy atom. The van der Waals surface area contributed by atoms with Gasteiger partial charge in [-0.1, -0.05) is 19.0 Å². The number of carbonyl (C=O) groups is 1.